The summed E-state index contributed by atoms with van der Waals surface area (Å²) in [6.07, 6.45) is 10.6. The van der Waals surface area contributed by atoms with E-state index in [1.54, 1.807) is 0 Å². The molecular formula is C31H39NO2. The van der Waals surface area contributed by atoms with Gasteiger partial charge in [-0.2, -0.15) is 0 Å². The molecule has 1 atom stereocenters. The van der Waals surface area contributed by atoms with E-state index >= 15 is 0 Å². The van der Waals surface area contributed by atoms with E-state index in [9.17, 15) is 5.11 Å². The van der Waals surface area contributed by atoms with Crippen LogP contribution in [-0.4, -0.2) is 36.2 Å². The van der Waals surface area contributed by atoms with Crippen molar-refractivity contribution in [2.45, 2.75) is 70.1 Å². The van der Waals surface area contributed by atoms with Crippen LogP contribution in [0.3, 0.4) is 0 Å². The van der Waals surface area contributed by atoms with Crippen molar-refractivity contribution in [3.05, 3.63) is 71.3 Å². The summed E-state index contributed by atoms with van der Waals surface area (Å²) in [4.78, 5) is 2.52. The van der Waals surface area contributed by atoms with Gasteiger partial charge in [-0.15, -0.1) is 0 Å². The zero-order chi connectivity index (χ0) is 23.3. The number of piperidine rings is 1. The molecule has 3 heteroatoms. The quantitative estimate of drug-likeness (QED) is 0.396. The molecule has 0 bridgehead atoms. The maximum atomic E-state index is 10.1. The van der Waals surface area contributed by atoms with Crippen molar-refractivity contribution >= 4 is 10.8 Å². The average Bonchev–Trinajstić information content (AvgIpc) is 2.89. The summed E-state index contributed by atoms with van der Waals surface area (Å²) in [7, 11) is 0. The second-order valence-corrected chi connectivity index (χ2v) is 10.4. The van der Waals surface area contributed by atoms with Crippen LogP contribution in [0.2, 0.25) is 0 Å². The van der Waals surface area contributed by atoms with E-state index < -0.39 is 0 Å². The number of ether oxygens (including phenoxy) is 1. The fourth-order valence-electron chi connectivity index (χ4n) is 6.11. The monoisotopic (exact) mass is 457 g/mol. The van der Waals surface area contributed by atoms with Crippen LogP contribution in [-0.2, 0) is 0 Å². The fourth-order valence-corrected chi connectivity index (χ4v) is 6.11. The third kappa shape index (κ3) is 5.25. The lowest BCUT2D eigenvalue weighted by Crippen LogP contribution is -2.33. The first-order valence-electron chi connectivity index (χ1n) is 13.4. The van der Waals surface area contributed by atoms with Gasteiger partial charge >= 0.3 is 0 Å². The van der Waals surface area contributed by atoms with E-state index in [0.717, 1.165) is 24.3 Å². The molecule has 0 amide bonds. The van der Waals surface area contributed by atoms with E-state index in [2.05, 4.69) is 54.3 Å². The van der Waals surface area contributed by atoms with Gasteiger partial charge in [-0.3, -0.25) is 4.90 Å². The van der Waals surface area contributed by atoms with Gasteiger partial charge in [0.05, 0.1) is 0 Å². The van der Waals surface area contributed by atoms with Crippen molar-refractivity contribution in [3.8, 4) is 11.5 Å². The number of hydrogen-bond acceptors (Lipinski definition) is 3. The van der Waals surface area contributed by atoms with Crippen LogP contribution in [0.25, 0.3) is 10.8 Å². The Labute approximate surface area is 204 Å². The molecule has 5 rings (SSSR count). The van der Waals surface area contributed by atoms with Gasteiger partial charge in [0, 0.05) is 12.5 Å². The van der Waals surface area contributed by atoms with Crippen LogP contribution in [0.1, 0.15) is 86.8 Å². The summed E-state index contributed by atoms with van der Waals surface area (Å²) in [5.41, 5.74) is 4.26. The lowest BCUT2D eigenvalue weighted by atomic mass is 9.77. The highest BCUT2D eigenvalue weighted by atomic mass is 16.5. The van der Waals surface area contributed by atoms with Gasteiger partial charge in [-0.05, 0) is 96.4 Å². The minimum atomic E-state index is 0.285. The zero-order valence-corrected chi connectivity index (χ0v) is 20.6. The Morgan fingerprint density at radius 1 is 0.882 bits per heavy atom. The van der Waals surface area contributed by atoms with E-state index in [0.29, 0.717) is 11.7 Å². The predicted molar refractivity (Wildman–Crippen MR) is 141 cm³/mol. The van der Waals surface area contributed by atoms with Crippen LogP contribution >= 0.6 is 0 Å². The smallest absolute Gasteiger partial charge is 0.119 e. The molecular weight excluding hydrogens is 418 g/mol. The van der Waals surface area contributed by atoms with Crippen molar-refractivity contribution < 1.29 is 9.84 Å². The Bertz CT molecular complexity index is 1080. The molecule has 2 aliphatic rings. The van der Waals surface area contributed by atoms with E-state index in [-0.39, 0.29) is 5.92 Å². The van der Waals surface area contributed by atoms with Crippen molar-refractivity contribution in [1.29, 1.82) is 0 Å². The summed E-state index contributed by atoms with van der Waals surface area (Å²) in [6, 6.07) is 19.1. The Morgan fingerprint density at radius 3 is 2.38 bits per heavy atom. The lowest BCUT2D eigenvalue weighted by Gasteiger charge is -2.28. The highest BCUT2D eigenvalue weighted by molar-refractivity contribution is 5.89. The van der Waals surface area contributed by atoms with Crippen LogP contribution < -0.4 is 4.74 Å². The van der Waals surface area contributed by atoms with Gasteiger partial charge < -0.3 is 9.84 Å². The maximum Gasteiger partial charge on any atom is 0.119 e. The Kier molecular flexibility index (Phi) is 7.39. The second kappa shape index (κ2) is 10.8. The van der Waals surface area contributed by atoms with Gasteiger partial charge in [0.15, 0.2) is 0 Å². The van der Waals surface area contributed by atoms with Crippen molar-refractivity contribution in [1.82, 2.24) is 4.90 Å². The van der Waals surface area contributed by atoms with Gasteiger partial charge in [-0.25, -0.2) is 0 Å². The normalized spacial score (nSPS) is 18.7. The predicted octanol–water partition coefficient (Wildman–Crippen LogP) is 7.61. The summed E-state index contributed by atoms with van der Waals surface area (Å²) in [6.45, 7) is 6.54. The van der Waals surface area contributed by atoms with Gasteiger partial charge in [0.1, 0.15) is 18.1 Å². The standard InChI is InChI=1S/C31H39NO2/c1-23(24-10-14-28(15-11-24)34-21-20-32-18-6-3-7-19-32)31-29(25-8-4-2-5-9-25)16-12-26-22-27(33)13-17-30(26)31/h10-17,22-23,25,33H,2-9,18-21H2,1H3. The molecule has 1 N–H and O–H groups in total. The first-order valence-corrected chi connectivity index (χ1v) is 13.4. The molecule has 1 heterocycles. The summed E-state index contributed by atoms with van der Waals surface area (Å²) >= 11 is 0. The summed E-state index contributed by atoms with van der Waals surface area (Å²) in [5, 5.41) is 12.5. The summed E-state index contributed by atoms with van der Waals surface area (Å²) in [5.74, 6) is 2.22. The number of nitrogens with zero attached hydrogens (tertiary/aromatic N) is 1. The van der Waals surface area contributed by atoms with Gasteiger partial charge in [0.25, 0.3) is 0 Å². The zero-order valence-electron chi connectivity index (χ0n) is 20.6. The van der Waals surface area contributed by atoms with Crippen LogP contribution in [0.15, 0.2) is 54.6 Å². The van der Waals surface area contributed by atoms with Crippen LogP contribution in [0.5, 0.6) is 11.5 Å². The van der Waals surface area contributed by atoms with Crippen LogP contribution in [0, 0.1) is 0 Å². The molecule has 34 heavy (non-hydrogen) atoms. The molecule has 1 aliphatic heterocycles. The Hall–Kier alpha value is -2.52. The average molecular weight is 458 g/mol. The first-order chi connectivity index (χ1) is 16.7. The number of fused-ring (bicyclic) bond motifs is 1. The largest absolute Gasteiger partial charge is 0.508 e. The molecule has 1 saturated carbocycles. The molecule has 0 spiro atoms. The second-order valence-electron chi connectivity index (χ2n) is 10.4. The molecule has 180 valence electrons. The third-order valence-corrected chi connectivity index (χ3v) is 8.06. The van der Waals surface area contributed by atoms with E-state index in [1.807, 2.05) is 12.1 Å². The van der Waals surface area contributed by atoms with E-state index in [4.69, 9.17) is 4.74 Å². The third-order valence-electron chi connectivity index (χ3n) is 8.06. The highest BCUT2D eigenvalue weighted by Gasteiger charge is 2.23. The molecule has 3 aromatic carbocycles. The molecule has 0 aromatic heterocycles. The molecule has 1 saturated heterocycles. The highest BCUT2D eigenvalue weighted by Crippen LogP contribution is 2.42. The number of phenolic OH excluding ortho intramolecular Hbond substituents is 1. The van der Waals surface area contributed by atoms with E-state index in [1.165, 1.54) is 86.5 Å². The van der Waals surface area contributed by atoms with Crippen LogP contribution in [0.4, 0.5) is 0 Å². The van der Waals surface area contributed by atoms with Crippen molar-refractivity contribution in [2.75, 3.05) is 26.2 Å². The molecule has 3 aromatic rings. The molecule has 2 fully saturated rings. The molecule has 1 aliphatic carbocycles. The van der Waals surface area contributed by atoms with Crippen molar-refractivity contribution in [2.24, 2.45) is 0 Å². The lowest BCUT2D eigenvalue weighted by molar-refractivity contribution is 0.183. The van der Waals surface area contributed by atoms with Gasteiger partial charge in [-0.1, -0.05) is 62.9 Å². The topological polar surface area (TPSA) is 32.7 Å². The number of phenols is 1. The minimum absolute atomic E-state index is 0.285. The fraction of sp³-hybridized carbons (Fsp3) is 0.484. The number of hydrogen-bond donors (Lipinski definition) is 1. The Morgan fingerprint density at radius 2 is 1.62 bits per heavy atom. The number of likely N-dealkylation sites (tertiary alicyclic amines) is 1. The molecule has 1 unspecified atom stereocenters. The van der Waals surface area contributed by atoms with Crippen molar-refractivity contribution in [3.63, 3.8) is 0 Å². The number of rotatable bonds is 7. The molecule has 0 radical (unpaired) electrons. The SMILES string of the molecule is CC(c1ccc(OCCN2CCCCC2)cc1)c1c(C2CCCCC2)ccc2cc(O)ccc12. The summed E-state index contributed by atoms with van der Waals surface area (Å²) < 4.78 is 6.08. The number of benzene rings is 3. The Balaban J connectivity index is 1.36. The molecule has 3 nitrogen and oxygen atoms in total. The number of aromatic hydroxyl groups is 1. The maximum absolute atomic E-state index is 10.1. The minimum Gasteiger partial charge on any atom is -0.508 e. The van der Waals surface area contributed by atoms with Gasteiger partial charge in [0.2, 0.25) is 0 Å². The first kappa shape index (κ1) is 23.2.